The molecule has 104 valence electrons. The summed E-state index contributed by atoms with van der Waals surface area (Å²) in [5.41, 5.74) is 6.13. The Balaban J connectivity index is 1.84. The first kappa shape index (κ1) is 13.0. The van der Waals surface area contributed by atoms with Gasteiger partial charge in [-0.15, -0.1) is 0 Å². The van der Waals surface area contributed by atoms with E-state index in [1.165, 1.54) is 6.20 Å². The van der Waals surface area contributed by atoms with Gasteiger partial charge in [-0.05, 0) is 36.8 Å². The molecule has 5 nitrogen and oxygen atoms in total. The number of hydrogen-bond donors (Lipinski definition) is 1. The van der Waals surface area contributed by atoms with Crippen molar-refractivity contribution >= 4 is 10.0 Å². The van der Waals surface area contributed by atoms with Crippen LogP contribution in [0.5, 0.6) is 0 Å². The van der Waals surface area contributed by atoms with Crippen molar-refractivity contribution in [1.29, 1.82) is 0 Å². The molecule has 0 bridgehead atoms. The average Bonchev–Trinajstić information content (AvgIpc) is 2.86. The van der Waals surface area contributed by atoms with E-state index in [9.17, 15) is 8.42 Å². The van der Waals surface area contributed by atoms with Crippen molar-refractivity contribution in [3.05, 3.63) is 24.5 Å². The van der Waals surface area contributed by atoms with Gasteiger partial charge < -0.3 is 5.73 Å². The Morgan fingerprint density at radius 2 is 2.16 bits per heavy atom. The molecule has 3 atom stereocenters. The molecule has 1 aromatic heterocycles. The Morgan fingerprint density at radius 1 is 1.32 bits per heavy atom. The second-order valence-corrected chi connectivity index (χ2v) is 7.47. The quantitative estimate of drug-likeness (QED) is 0.871. The number of hydrogen-bond acceptors (Lipinski definition) is 4. The summed E-state index contributed by atoms with van der Waals surface area (Å²) in [7, 11) is -3.41. The van der Waals surface area contributed by atoms with Crippen LogP contribution >= 0.6 is 0 Å². The van der Waals surface area contributed by atoms with Crippen molar-refractivity contribution in [2.24, 2.45) is 17.6 Å². The highest BCUT2D eigenvalue weighted by Gasteiger charge is 2.43. The van der Waals surface area contributed by atoms with E-state index in [2.05, 4.69) is 4.98 Å². The predicted molar refractivity (Wildman–Crippen MR) is 71.8 cm³/mol. The predicted octanol–water partition coefficient (Wildman–Crippen LogP) is 0.829. The molecule has 1 aliphatic carbocycles. The summed E-state index contributed by atoms with van der Waals surface area (Å²) in [5.74, 6) is 0.746. The summed E-state index contributed by atoms with van der Waals surface area (Å²) in [6.07, 6.45) is 6.22. The minimum absolute atomic E-state index is 0.146. The first-order chi connectivity index (χ1) is 9.09. The molecule has 0 radical (unpaired) electrons. The van der Waals surface area contributed by atoms with Crippen molar-refractivity contribution in [1.82, 2.24) is 9.29 Å². The van der Waals surface area contributed by atoms with Crippen molar-refractivity contribution in [2.45, 2.75) is 30.2 Å². The van der Waals surface area contributed by atoms with Gasteiger partial charge >= 0.3 is 0 Å². The van der Waals surface area contributed by atoms with E-state index in [0.717, 1.165) is 19.3 Å². The van der Waals surface area contributed by atoms with Gasteiger partial charge in [0.25, 0.3) is 0 Å². The number of rotatable bonds is 2. The number of aromatic nitrogens is 1. The third-order valence-electron chi connectivity index (χ3n) is 4.39. The zero-order chi connectivity index (χ0) is 13.5. The van der Waals surface area contributed by atoms with E-state index >= 15 is 0 Å². The van der Waals surface area contributed by atoms with Gasteiger partial charge in [-0.25, -0.2) is 8.42 Å². The van der Waals surface area contributed by atoms with Crippen LogP contribution in [0.25, 0.3) is 0 Å². The van der Waals surface area contributed by atoms with Gasteiger partial charge in [-0.2, -0.15) is 4.31 Å². The molecule has 2 heterocycles. The second-order valence-electron chi connectivity index (χ2n) is 5.53. The minimum Gasteiger partial charge on any atom is -0.327 e. The van der Waals surface area contributed by atoms with E-state index in [1.54, 1.807) is 22.6 Å². The van der Waals surface area contributed by atoms with Crippen LogP contribution in [0.4, 0.5) is 0 Å². The topological polar surface area (TPSA) is 76.3 Å². The summed E-state index contributed by atoms with van der Waals surface area (Å²) < 4.78 is 26.6. The van der Waals surface area contributed by atoms with Crippen LogP contribution in [-0.4, -0.2) is 36.8 Å². The molecule has 0 aromatic carbocycles. The molecule has 0 amide bonds. The first-order valence-electron chi connectivity index (χ1n) is 6.75. The molecule has 3 rings (SSSR count). The Hall–Kier alpha value is -0.980. The van der Waals surface area contributed by atoms with Crippen LogP contribution in [0.3, 0.4) is 0 Å². The lowest BCUT2D eigenvalue weighted by molar-refractivity contribution is 0.260. The van der Waals surface area contributed by atoms with Crippen LogP contribution in [0.2, 0.25) is 0 Å². The summed E-state index contributed by atoms with van der Waals surface area (Å²) >= 11 is 0. The molecule has 2 N–H and O–H groups in total. The van der Waals surface area contributed by atoms with Gasteiger partial charge in [0.15, 0.2) is 0 Å². The molecule has 3 unspecified atom stereocenters. The van der Waals surface area contributed by atoms with Gasteiger partial charge in [-0.3, -0.25) is 4.98 Å². The molecule has 19 heavy (non-hydrogen) atoms. The first-order valence-corrected chi connectivity index (χ1v) is 8.19. The van der Waals surface area contributed by atoms with Crippen LogP contribution in [0.15, 0.2) is 29.4 Å². The Morgan fingerprint density at radius 3 is 2.84 bits per heavy atom. The van der Waals surface area contributed by atoms with E-state index in [-0.39, 0.29) is 10.9 Å². The lowest BCUT2D eigenvalue weighted by atomic mass is 9.78. The molecule has 1 saturated heterocycles. The van der Waals surface area contributed by atoms with Crippen LogP contribution in [0, 0.1) is 11.8 Å². The largest absolute Gasteiger partial charge is 0.327 e. The molecular weight excluding hydrogens is 262 g/mol. The van der Waals surface area contributed by atoms with Crippen molar-refractivity contribution in [3.8, 4) is 0 Å². The number of pyridine rings is 1. The molecule has 2 fully saturated rings. The van der Waals surface area contributed by atoms with Crippen LogP contribution in [-0.2, 0) is 10.0 Å². The Labute approximate surface area is 113 Å². The van der Waals surface area contributed by atoms with Gasteiger partial charge in [0.1, 0.15) is 4.90 Å². The minimum atomic E-state index is -3.41. The third-order valence-corrected chi connectivity index (χ3v) is 6.21. The number of nitrogens with two attached hydrogens (primary N) is 1. The maximum atomic E-state index is 12.5. The number of fused-ring (bicyclic) bond motifs is 1. The molecule has 2 aliphatic rings. The summed E-state index contributed by atoms with van der Waals surface area (Å²) in [6.45, 7) is 1.17. The van der Waals surface area contributed by atoms with Gasteiger partial charge in [0.05, 0.1) is 0 Å². The van der Waals surface area contributed by atoms with Crippen LogP contribution < -0.4 is 5.73 Å². The fourth-order valence-corrected chi connectivity index (χ4v) is 4.82. The van der Waals surface area contributed by atoms with Gasteiger partial charge in [0, 0.05) is 31.5 Å². The maximum Gasteiger partial charge on any atom is 0.244 e. The summed E-state index contributed by atoms with van der Waals surface area (Å²) in [4.78, 5) is 4.18. The Kier molecular flexibility index (Phi) is 3.32. The summed E-state index contributed by atoms with van der Waals surface area (Å²) in [6, 6.07) is 3.40. The molecule has 1 saturated carbocycles. The average molecular weight is 281 g/mol. The lowest BCUT2D eigenvalue weighted by Crippen LogP contribution is -2.38. The van der Waals surface area contributed by atoms with Crippen molar-refractivity contribution in [2.75, 3.05) is 13.1 Å². The van der Waals surface area contributed by atoms with Crippen molar-refractivity contribution in [3.63, 3.8) is 0 Å². The zero-order valence-corrected chi connectivity index (χ0v) is 11.6. The Bertz CT molecular complexity index is 546. The zero-order valence-electron chi connectivity index (χ0n) is 10.8. The van der Waals surface area contributed by atoms with E-state index < -0.39 is 10.0 Å². The van der Waals surface area contributed by atoms with Crippen LogP contribution in [0.1, 0.15) is 19.3 Å². The van der Waals surface area contributed by atoms with E-state index in [4.69, 9.17) is 5.73 Å². The molecule has 0 spiro atoms. The molecular formula is C13H19N3O2S. The third kappa shape index (κ3) is 2.28. The lowest BCUT2D eigenvalue weighted by Gasteiger charge is -2.29. The maximum absolute atomic E-state index is 12.5. The van der Waals surface area contributed by atoms with Gasteiger partial charge in [0.2, 0.25) is 10.0 Å². The SMILES string of the molecule is NC1CCCC2CN(S(=O)(=O)c3cccnc3)CC12. The standard InChI is InChI=1S/C13H19N3O2S/c14-13-5-1-3-10-8-16(9-12(10)13)19(17,18)11-4-2-6-15-7-11/h2,4,6-7,10,12-13H,1,3,5,8-9,14H2. The molecule has 1 aliphatic heterocycles. The molecule has 6 heteroatoms. The van der Waals surface area contributed by atoms with E-state index in [1.807, 2.05) is 0 Å². The highest BCUT2D eigenvalue weighted by atomic mass is 32.2. The smallest absolute Gasteiger partial charge is 0.244 e. The highest BCUT2D eigenvalue weighted by Crippen LogP contribution is 2.37. The number of nitrogens with zero attached hydrogens (tertiary/aromatic N) is 2. The number of sulfonamides is 1. The van der Waals surface area contributed by atoms with Crippen molar-refractivity contribution < 1.29 is 8.42 Å². The highest BCUT2D eigenvalue weighted by molar-refractivity contribution is 7.89. The fraction of sp³-hybridized carbons (Fsp3) is 0.615. The summed E-state index contributed by atoms with van der Waals surface area (Å²) in [5, 5.41) is 0. The normalized spacial score (nSPS) is 32.2. The monoisotopic (exact) mass is 281 g/mol. The second kappa shape index (κ2) is 4.85. The van der Waals surface area contributed by atoms with E-state index in [0.29, 0.717) is 24.9 Å². The van der Waals surface area contributed by atoms with Gasteiger partial charge in [-0.1, -0.05) is 6.42 Å². The molecule has 1 aromatic rings. The fourth-order valence-electron chi connectivity index (χ4n) is 3.32.